The number of amides is 1. The van der Waals surface area contributed by atoms with Crippen LogP contribution in [0.2, 0.25) is 0 Å². The number of benzene rings is 1. The number of hydrazone groups is 1. The van der Waals surface area contributed by atoms with Gasteiger partial charge in [0.25, 0.3) is 0 Å². The second kappa shape index (κ2) is 10.5. The minimum atomic E-state index is -0.0516. The van der Waals surface area contributed by atoms with E-state index < -0.39 is 0 Å². The van der Waals surface area contributed by atoms with Crippen LogP contribution in [0.5, 0.6) is 11.5 Å². The van der Waals surface area contributed by atoms with Gasteiger partial charge in [0.1, 0.15) is 0 Å². The van der Waals surface area contributed by atoms with E-state index in [9.17, 15) is 4.79 Å². The lowest BCUT2D eigenvalue weighted by Crippen LogP contribution is -2.45. The van der Waals surface area contributed by atoms with Gasteiger partial charge in [-0.3, -0.25) is 4.79 Å². The van der Waals surface area contributed by atoms with Gasteiger partial charge in [0, 0.05) is 37.0 Å². The van der Waals surface area contributed by atoms with Crippen LogP contribution in [-0.2, 0) is 11.3 Å². The Balaban J connectivity index is 0.00000272. The highest BCUT2D eigenvalue weighted by molar-refractivity contribution is 6.07. The number of imidazole rings is 1. The number of allylic oxidation sites excluding steroid dienone is 2. The molecule has 0 saturated carbocycles. The highest BCUT2D eigenvalue weighted by Crippen LogP contribution is 2.36. The van der Waals surface area contributed by atoms with Crippen LogP contribution in [0.4, 0.5) is 0 Å². The van der Waals surface area contributed by atoms with Crippen molar-refractivity contribution in [2.24, 2.45) is 16.9 Å². The van der Waals surface area contributed by atoms with E-state index in [0.29, 0.717) is 18.0 Å². The summed E-state index contributed by atoms with van der Waals surface area (Å²) in [6.07, 6.45) is 13.3. The molecule has 1 amide bonds. The number of hydrogen-bond acceptors (Lipinski definition) is 5. The van der Waals surface area contributed by atoms with Gasteiger partial charge in [0.2, 0.25) is 5.91 Å². The summed E-state index contributed by atoms with van der Waals surface area (Å²) in [5.74, 6) is 1.54. The normalized spacial score (nSPS) is 20.0. The van der Waals surface area contributed by atoms with Gasteiger partial charge in [-0.25, -0.2) is 9.99 Å². The second-order valence-electron chi connectivity index (χ2n) is 7.68. The molecule has 1 aromatic carbocycles. The number of halogens is 1. The summed E-state index contributed by atoms with van der Waals surface area (Å²) < 4.78 is 12.9. The van der Waals surface area contributed by atoms with E-state index in [0.717, 1.165) is 43.5 Å². The standard InChI is InChI=1S/C23H28N4O3.ClH/c1-29-20-10-9-17(15-21(20)30-2)22-18-7-3-4-8-19(18)23(28)27(25-22)13-6-5-12-26-14-11-24-16-26;/h3-4,9-11,14-16,18-19H,5-8,12-13H2,1-2H3;1H. The maximum Gasteiger partial charge on any atom is 0.246 e. The van der Waals surface area contributed by atoms with Crippen LogP contribution in [-0.4, -0.2) is 46.9 Å². The van der Waals surface area contributed by atoms with Crippen molar-refractivity contribution >= 4 is 24.0 Å². The zero-order chi connectivity index (χ0) is 20.9. The fourth-order valence-corrected chi connectivity index (χ4v) is 4.24. The van der Waals surface area contributed by atoms with Crippen LogP contribution in [0.15, 0.2) is 54.2 Å². The van der Waals surface area contributed by atoms with E-state index in [-0.39, 0.29) is 30.2 Å². The van der Waals surface area contributed by atoms with Crippen molar-refractivity contribution in [1.82, 2.24) is 14.6 Å². The first-order chi connectivity index (χ1) is 14.7. The molecule has 8 heteroatoms. The molecule has 166 valence electrons. The Morgan fingerprint density at radius 1 is 1.03 bits per heavy atom. The van der Waals surface area contributed by atoms with Crippen molar-refractivity contribution in [2.75, 3.05) is 20.8 Å². The van der Waals surface area contributed by atoms with E-state index in [1.54, 1.807) is 25.4 Å². The minimum Gasteiger partial charge on any atom is -0.493 e. The summed E-state index contributed by atoms with van der Waals surface area (Å²) in [7, 11) is 3.26. The van der Waals surface area contributed by atoms with E-state index in [1.807, 2.05) is 30.7 Å². The Morgan fingerprint density at radius 3 is 2.48 bits per heavy atom. The first-order valence-electron chi connectivity index (χ1n) is 10.4. The van der Waals surface area contributed by atoms with Crippen LogP contribution < -0.4 is 9.47 Å². The third-order valence-corrected chi connectivity index (χ3v) is 5.86. The fourth-order valence-electron chi connectivity index (χ4n) is 4.24. The topological polar surface area (TPSA) is 69.0 Å². The quantitative estimate of drug-likeness (QED) is 0.457. The molecule has 0 fully saturated rings. The van der Waals surface area contributed by atoms with Crippen LogP contribution in [0.1, 0.15) is 31.2 Å². The Labute approximate surface area is 189 Å². The number of rotatable bonds is 8. The molecular weight excluding hydrogens is 416 g/mol. The molecule has 4 rings (SSSR count). The number of nitrogens with zero attached hydrogens (tertiary/aromatic N) is 4. The van der Waals surface area contributed by atoms with Gasteiger partial charge in [-0.05, 0) is 43.9 Å². The summed E-state index contributed by atoms with van der Waals surface area (Å²) in [5.41, 5.74) is 1.94. The number of methoxy groups -OCH3 is 2. The average molecular weight is 445 g/mol. The molecule has 0 N–H and O–H groups in total. The smallest absolute Gasteiger partial charge is 0.246 e. The molecule has 1 aliphatic heterocycles. The summed E-state index contributed by atoms with van der Waals surface area (Å²) in [4.78, 5) is 17.2. The van der Waals surface area contributed by atoms with Gasteiger partial charge in [0.05, 0.1) is 32.2 Å². The lowest BCUT2D eigenvalue weighted by atomic mass is 9.76. The van der Waals surface area contributed by atoms with Crippen molar-refractivity contribution in [3.05, 3.63) is 54.6 Å². The fraction of sp³-hybridized carbons (Fsp3) is 0.435. The SMILES string of the molecule is COc1ccc(C2=NN(CCCCn3ccnc3)C(=O)C3CC=CCC23)cc1OC.Cl. The summed E-state index contributed by atoms with van der Waals surface area (Å²) in [6.45, 7) is 1.51. The van der Waals surface area contributed by atoms with Crippen molar-refractivity contribution in [3.8, 4) is 11.5 Å². The number of unbranched alkanes of at least 4 members (excludes halogenated alkanes) is 1. The third kappa shape index (κ3) is 4.93. The number of carbonyl (C=O) groups excluding carboxylic acids is 1. The molecule has 0 bridgehead atoms. The number of aryl methyl sites for hydroxylation is 1. The molecular formula is C23H29ClN4O3. The maximum atomic E-state index is 13.1. The van der Waals surface area contributed by atoms with E-state index in [1.165, 1.54) is 0 Å². The van der Waals surface area contributed by atoms with Gasteiger partial charge < -0.3 is 14.0 Å². The van der Waals surface area contributed by atoms with Gasteiger partial charge in [-0.1, -0.05) is 12.2 Å². The second-order valence-corrected chi connectivity index (χ2v) is 7.68. The lowest BCUT2D eigenvalue weighted by molar-refractivity contribution is -0.137. The molecule has 7 nitrogen and oxygen atoms in total. The van der Waals surface area contributed by atoms with Gasteiger partial charge >= 0.3 is 0 Å². The molecule has 2 aliphatic rings. The molecule has 0 radical (unpaired) electrons. The van der Waals surface area contributed by atoms with Crippen molar-refractivity contribution in [1.29, 1.82) is 0 Å². The highest BCUT2D eigenvalue weighted by atomic mass is 35.5. The van der Waals surface area contributed by atoms with Crippen LogP contribution in [0, 0.1) is 11.8 Å². The van der Waals surface area contributed by atoms with Crippen molar-refractivity contribution in [2.45, 2.75) is 32.2 Å². The molecule has 1 aromatic heterocycles. The maximum absolute atomic E-state index is 13.1. The molecule has 0 saturated heterocycles. The van der Waals surface area contributed by atoms with Gasteiger partial charge in [-0.15, -0.1) is 12.4 Å². The van der Waals surface area contributed by atoms with Crippen molar-refractivity contribution in [3.63, 3.8) is 0 Å². The summed E-state index contributed by atoms with van der Waals surface area (Å²) in [5, 5.41) is 6.51. The van der Waals surface area contributed by atoms with E-state index in [2.05, 4.69) is 21.7 Å². The molecule has 31 heavy (non-hydrogen) atoms. The van der Waals surface area contributed by atoms with Crippen LogP contribution >= 0.6 is 12.4 Å². The zero-order valence-corrected chi connectivity index (χ0v) is 18.8. The highest BCUT2D eigenvalue weighted by Gasteiger charge is 2.39. The molecule has 1 aliphatic carbocycles. The Kier molecular flexibility index (Phi) is 7.74. The first-order valence-corrected chi connectivity index (χ1v) is 10.4. The molecule has 2 unspecified atom stereocenters. The van der Waals surface area contributed by atoms with Crippen LogP contribution in [0.25, 0.3) is 0 Å². The Bertz CT molecular complexity index is 942. The minimum absolute atomic E-state index is 0. The van der Waals surface area contributed by atoms with E-state index >= 15 is 0 Å². The van der Waals surface area contributed by atoms with Gasteiger partial charge in [0.15, 0.2) is 11.5 Å². The van der Waals surface area contributed by atoms with E-state index in [4.69, 9.17) is 14.6 Å². The van der Waals surface area contributed by atoms with Gasteiger partial charge in [-0.2, -0.15) is 5.10 Å². The predicted molar refractivity (Wildman–Crippen MR) is 122 cm³/mol. The summed E-state index contributed by atoms with van der Waals surface area (Å²) in [6, 6.07) is 5.86. The Morgan fingerprint density at radius 2 is 1.77 bits per heavy atom. The largest absolute Gasteiger partial charge is 0.493 e. The zero-order valence-electron chi connectivity index (χ0n) is 17.9. The predicted octanol–water partition coefficient (Wildman–Crippen LogP) is 3.93. The number of hydrogen-bond donors (Lipinski definition) is 0. The number of carbonyl (C=O) groups is 1. The molecule has 0 spiro atoms. The number of aromatic nitrogens is 2. The average Bonchev–Trinajstić information content (AvgIpc) is 3.31. The van der Waals surface area contributed by atoms with Crippen LogP contribution in [0.3, 0.4) is 0 Å². The monoisotopic (exact) mass is 444 g/mol. The molecule has 2 atom stereocenters. The first kappa shape index (κ1) is 22.9. The number of fused-ring (bicyclic) bond motifs is 1. The Hall–Kier alpha value is -2.80. The van der Waals surface area contributed by atoms with Crippen molar-refractivity contribution < 1.29 is 14.3 Å². The number of ether oxygens (including phenoxy) is 2. The molecule has 2 aromatic rings. The molecule has 2 heterocycles. The lowest BCUT2D eigenvalue weighted by Gasteiger charge is -2.37. The third-order valence-electron chi connectivity index (χ3n) is 5.86. The summed E-state index contributed by atoms with van der Waals surface area (Å²) >= 11 is 0.